The summed E-state index contributed by atoms with van der Waals surface area (Å²) in [5.41, 5.74) is 0. The summed E-state index contributed by atoms with van der Waals surface area (Å²) in [5, 5.41) is 6.89. The van der Waals surface area contributed by atoms with E-state index in [1.165, 1.54) is 0 Å². The van der Waals surface area contributed by atoms with Crippen LogP contribution in [0.1, 0.15) is 0 Å². The molecule has 0 saturated carbocycles. The van der Waals surface area contributed by atoms with Crippen LogP contribution >= 0.6 is 0 Å². The molecule has 30 valence electrons. The molecule has 5 heavy (non-hydrogen) atoms. The van der Waals surface area contributed by atoms with Gasteiger partial charge in [-0.1, -0.05) is 0 Å². The van der Waals surface area contributed by atoms with Crippen LogP contribution in [0.15, 0.2) is 0 Å². The van der Waals surface area contributed by atoms with Gasteiger partial charge in [0.15, 0.2) is 0 Å². The van der Waals surface area contributed by atoms with Gasteiger partial charge in [-0.2, -0.15) is 0 Å². The summed E-state index contributed by atoms with van der Waals surface area (Å²) < 4.78 is 0. The van der Waals surface area contributed by atoms with Gasteiger partial charge in [-0.05, 0) is 0 Å². The summed E-state index contributed by atoms with van der Waals surface area (Å²) >= 11 is 0. The van der Waals surface area contributed by atoms with E-state index in [2.05, 4.69) is 0 Å². The third kappa shape index (κ3) is 57.2. The summed E-state index contributed by atoms with van der Waals surface area (Å²) in [4.78, 5) is 8.36. The van der Waals surface area contributed by atoms with Crippen molar-refractivity contribution in [3.63, 3.8) is 0 Å². The van der Waals surface area contributed by atoms with Gasteiger partial charge < -0.3 is 10.6 Å². The Balaban J connectivity index is -0.0000000200. The molecule has 3 nitrogen and oxygen atoms in total. The molecule has 0 saturated heterocycles. The van der Waals surface area contributed by atoms with Gasteiger partial charge in [-0.3, -0.25) is 4.79 Å². The Morgan fingerprint density at radius 2 is 1.60 bits per heavy atom. The minimum atomic E-state index is -0.250. The van der Waals surface area contributed by atoms with Crippen LogP contribution in [0.2, 0.25) is 0 Å². The van der Waals surface area contributed by atoms with Crippen LogP contribution in [-0.4, -0.2) is 27.2 Å². The first kappa shape index (κ1) is 23.3. The van der Waals surface area contributed by atoms with Crippen molar-refractivity contribution in [3.8, 4) is 0 Å². The summed E-state index contributed by atoms with van der Waals surface area (Å²) in [5.74, 6) is 0. The molecule has 0 rings (SSSR count). The van der Waals surface area contributed by atoms with Gasteiger partial charge in [-0.25, -0.2) is 0 Å². The van der Waals surface area contributed by atoms with Crippen molar-refractivity contribution in [3.05, 3.63) is 0 Å². The average molecular weight is 75.1 g/mol. The van der Waals surface area contributed by atoms with E-state index in [4.69, 9.17) is 9.90 Å². The first-order valence-electron chi connectivity index (χ1n) is 0.494. The van der Waals surface area contributed by atoms with E-state index in [1.807, 2.05) is 0 Å². The van der Waals surface area contributed by atoms with Crippen molar-refractivity contribution >= 4 is 16.6 Å². The van der Waals surface area contributed by atoms with Crippen molar-refractivity contribution in [2.75, 3.05) is 0 Å². The van der Waals surface area contributed by atoms with Gasteiger partial charge in [0.25, 0.3) is 6.47 Å². The first-order valence-corrected chi connectivity index (χ1v) is 0.494. The molecule has 0 atom stereocenters. The van der Waals surface area contributed by atoms with Crippen LogP contribution in [0.4, 0.5) is 0 Å². The third-order valence-electron chi connectivity index (χ3n) is 0. The topological polar surface area (TPSA) is 68.8 Å². The van der Waals surface area contributed by atoms with Crippen LogP contribution in [-0.2, 0) is 4.79 Å². The Bertz CT molecular complexity index is 14.4. The molecule has 0 bridgehead atoms. The van der Waals surface area contributed by atoms with Crippen LogP contribution < -0.4 is 0 Å². The molecule has 0 fully saturated rings. The van der Waals surface area contributed by atoms with Gasteiger partial charge in [0.2, 0.25) is 0 Å². The molecule has 0 spiro atoms. The van der Waals surface area contributed by atoms with Gasteiger partial charge in [0.1, 0.15) is 0 Å². The van der Waals surface area contributed by atoms with Gasteiger partial charge in [-0.15, -0.1) is 0 Å². The summed E-state index contributed by atoms with van der Waals surface area (Å²) in [6.07, 6.45) is 0. The fourth-order valence-corrected chi connectivity index (χ4v) is 0. The van der Waals surface area contributed by atoms with Gasteiger partial charge >= 0.3 is 10.1 Å². The summed E-state index contributed by atoms with van der Waals surface area (Å²) in [6, 6.07) is 0. The molecular formula is CH6BeO3. The fourth-order valence-electron chi connectivity index (χ4n) is 0. The zero-order valence-electron chi connectivity index (χ0n) is 1.93. The van der Waals surface area contributed by atoms with Crippen LogP contribution in [0.5, 0.6) is 0 Å². The van der Waals surface area contributed by atoms with Crippen LogP contribution in [0.25, 0.3) is 0 Å². The van der Waals surface area contributed by atoms with Gasteiger partial charge in [0, 0.05) is 0 Å². The summed E-state index contributed by atoms with van der Waals surface area (Å²) in [7, 11) is 0. The van der Waals surface area contributed by atoms with Crippen molar-refractivity contribution in [2.45, 2.75) is 0 Å². The standard InChI is InChI=1S/CH2O2.Be.H2O.2H/c2-1-3;;;;/h1H,(H,2,3);;1H2;;. The Kier molecular flexibility index (Phi) is 316. The summed E-state index contributed by atoms with van der Waals surface area (Å²) in [6.45, 7) is -0.250. The Morgan fingerprint density at radius 3 is 1.60 bits per heavy atom. The molecule has 3 N–H and O–H groups in total. The van der Waals surface area contributed by atoms with Crippen LogP contribution in [0.3, 0.4) is 0 Å². The second kappa shape index (κ2) is 67.8. The Morgan fingerprint density at radius 1 is 1.60 bits per heavy atom. The minimum absolute atomic E-state index is 0. The number of hydrogen-bond donors (Lipinski definition) is 1. The van der Waals surface area contributed by atoms with E-state index in [1.54, 1.807) is 0 Å². The molecule has 0 amide bonds. The number of hydrogen-bond acceptors (Lipinski definition) is 1. The molecule has 0 aromatic rings. The molecule has 0 aromatic heterocycles. The van der Waals surface area contributed by atoms with E-state index in [0.29, 0.717) is 0 Å². The first-order chi connectivity index (χ1) is 1.41. The molecular weight excluding hydrogens is 69.0 g/mol. The number of carboxylic acid groups (broad SMARTS) is 1. The second-order valence-corrected chi connectivity index (χ2v) is 0.105. The van der Waals surface area contributed by atoms with Gasteiger partial charge in [0.05, 0.1) is 0 Å². The Labute approximate surface area is 33.1 Å². The Hall–Kier alpha value is -0.401. The number of carbonyl (C=O) groups is 1. The fraction of sp³-hybridized carbons (Fsp3) is 0. The maximum atomic E-state index is 8.36. The van der Waals surface area contributed by atoms with E-state index in [9.17, 15) is 0 Å². The third-order valence-corrected chi connectivity index (χ3v) is 0. The molecule has 0 aliphatic heterocycles. The van der Waals surface area contributed by atoms with Crippen molar-refractivity contribution < 1.29 is 15.4 Å². The van der Waals surface area contributed by atoms with Crippen LogP contribution in [0, 0.1) is 0 Å². The second-order valence-electron chi connectivity index (χ2n) is 0.105. The quantitative estimate of drug-likeness (QED) is 0.266. The normalized spacial score (nSPS) is 2.40. The van der Waals surface area contributed by atoms with E-state index >= 15 is 0 Å². The molecule has 0 aromatic carbocycles. The van der Waals surface area contributed by atoms with E-state index in [-0.39, 0.29) is 22.1 Å². The molecule has 0 heterocycles. The van der Waals surface area contributed by atoms with Crippen molar-refractivity contribution in [2.24, 2.45) is 0 Å². The molecule has 0 aliphatic carbocycles. The zero-order chi connectivity index (χ0) is 2.71. The molecule has 0 unspecified atom stereocenters. The predicted molar refractivity (Wildman–Crippen MR) is 20.9 cm³/mol. The predicted octanol–water partition coefficient (Wildman–Crippen LogP) is -2.04. The average Bonchev–Trinajstić information content (AvgIpc) is 0.918. The molecule has 0 aliphatic rings. The van der Waals surface area contributed by atoms with E-state index in [0.717, 1.165) is 0 Å². The monoisotopic (exact) mass is 75.0 g/mol. The number of rotatable bonds is 0. The van der Waals surface area contributed by atoms with Crippen molar-refractivity contribution in [1.29, 1.82) is 0 Å². The maximum absolute atomic E-state index is 8.36. The molecule has 4 heteroatoms. The SMILES string of the molecule is O.O=CO.[BeH2]. The van der Waals surface area contributed by atoms with E-state index < -0.39 is 0 Å². The van der Waals surface area contributed by atoms with Crippen molar-refractivity contribution in [1.82, 2.24) is 0 Å². The zero-order valence-corrected chi connectivity index (χ0v) is 1.93. The molecule has 0 radical (unpaired) electrons.